The molecule has 5 heteroatoms. The van der Waals surface area contributed by atoms with Crippen LogP contribution in [0.5, 0.6) is 0 Å². The summed E-state index contributed by atoms with van der Waals surface area (Å²) >= 11 is 0. The normalized spacial score (nSPS) is 10.4. The van der Waals surface area contributed by atoms with E-state index in [9.17, 15) is 0 Å². The van der Waals surface area contributed by atoms with E-state index < -0.39 is 0 Å². The van der Waals surface area contributed by atoms with Gasteiger partial charge in [0.05, 0.1) is 6.61 Å². The maximum absolute atomic E-state index is 4.87. The molecule has 0 bridgehead atoms. The van der Waals surface area contributed by atoms with Gasteiger partial charge in [0.25, 0.3) is 0 Å². The smallest absolute Gasteiger partial charge is 0.242 e. The quantitative estimate of drug-likeness (QED) is 0.507. The summed E-state index contributed by atoms with van der Waals surface area (Å²) in [4.78, 5) is 8.83. The number of rotatable bonds is 4. The summed E-state index contributed by atoms with van der Waals surface area (Å²) in [6.45, 7) is 4.74. The topological polar surface area (TPSA) is 60.2 Å². The van der Waals surface area contributed by atoms with Gasteiger partial charge in [-0.2, -0.15) is 10.5 Å². The minimum absolute atomic E-state index is 0.453. The van der Waals surface area contributed by atoms with Crippen molar-refractivity contribution in [3.63, 3.8) is 0 Å². The maximum atomic E-state index is 4.87. The van der Waals surface area contributed by atoms with Crippen LogP contribution in [-0.2, 0) is 11.4 Å². The van der Waals surface area contributed by atoms with Crippen molar-refractivity contribution < 1.29 is 9.36 Å². The molecule has 0 atom stereocenters. The fraction of sp³-hybridized carbons (Fsp3) is 0.667. The van der Waals surface area contributed by atoms with Crippen LogP contribution in [0.25, 0.3) is 0 Å². The molecule has 0 aliphatic carbocycles. The SMILES string of the molecule is CCONCc1nc(C)no1. The molecule has 0 amide bonds. The first-order valence-electron chi connectivity index (χ1n) is 3.46. The van der Waals surface area contributed by atoms with Crippen LogP contribution in [0.15, 0.2) is 4.52 Å². The van der Waals surface area contributed by atoms with E-state index in [1.807, 2.05) is 6.92 Å². The van der Waals surface area contributed by atoms with Gasteiger partial charge in [-0.25, -0.2) is 0 Å². The molecule has 0 saturated carbocycles. The fourth-order valence-corrected chi connectivity index (χ4v) is 0.627. The molecule has 0 aliphatic heterocycles. The summed E-state index contributed by atoms with van der Waals surface area (Å²) in [6.07, 6.45) is 0. The first kappa shape index (κ1) is 8.16. The Morgan fingerprint density at radius 3 is 3.00 bits per heavy atom. The van der Waals surface area contributed by atoms with Gasteiger partial charge in [0.15, 0.2) is 5.82 Å². The highest BCUT2D eigenvalue weighted by Gasteiger charge is 1.99. The number of hydrogen-bond acceptors (Lipinski definition) is 5. The molecule has 0 aromatic carbocycles. The average Bonchev–Trinajstić information content (AvgIpc) is 2.37. The average molecular weight is 157 g/mol. The van der Waals surface area contributed by atoms with Crippen molar-refractivity contribution in [3.8, 4) is 0 Å². The van der Waals surface area contributed by atoms with Gasteiger partial charge in [0.2, 0.25) is 5.89 Å². The lowest BCUT2D eigenvalue weighted by atomic mass is 10.6. The lowest BCUT2D eigenvalue weighted by Crippen LogP contribution is -2.13. The van der Waals surface area contributed by atoms with Gasteiger partial charge in [0.1, 0.15) is 6.54 Å². The van der Waals surface area contributed by atoms with Crippen LogP contribution in [-0.4, -0.2) is 16.7 Å². The third kappa shape index (κ3) is 2.65. The largest absolute Gasteiger partial charge is 0.338 e. The number of aromatic nitrogens is 2. The van der Waals surface area contributed by atoms with Gasteiger partial charge in [-0.05, 0) is 13.8 Å². The van der Waals surface area contributed by atoms with Crippen LogP contribution in [0.1, 0.15) is 18.6 Å². The number of aryl methyl sites for hydroxylation is 1. The van der Waals surface area contributed by atoms with Crippen molar-refractivity contribution in [2.24, 2.45) is 0 Å². The molecule has 1 rings (SSSR count). The first-order chi connectivity index (χ1) is 5.33. The fourth-order valence-electron chi connectivity index (χ4n) is 0.627. The van der Waals surface area contributed by atoms with E-state index in [-0.39, 0.29) is 0 Å². The Labute approximate surface area is 64.7 Å². The van der Waals surface area contributed by atoms with Gasteiger partial charge >= 0.3 is 0 Å². The second-order valence-corrected chi connectivity index (χ2v) is 1.99. The van der Waals surface area contributed by atoms with Gasteiger partial charge < -0.3 is 9.36 Å². The van der Waals surface area contributed by atoms with Crippen molar-refractivity contribution >= 4 is 0 Å². The Morgan fingerprint density at radius 1 is 1.64 bits per heavy atom. The van der Waals surface area contributed by atoms with Crippen molar-refractivity contribution in [1.82, 2.24) is 15.6 Å². The molecule has 0 radical (unpaired) electrons. The summed E-state index contributed by atoms with van der Waals surface area (Å²) in [5.41, 5.74) is 2.67. The summed E-state index contributed by atoms with van der Waals surface area (Å²) < 4.78 is 4.81. The van der Waals surface area contributed by atoms with Gasteiger partial charge in [-0.1, -0.05) is 5.16 Å². The lowest BCUT2D eigenvalue weighted by molar-refractivity contribution is 0.0404. The third-order valence-corrected chi connectivity index (χ3v) is 1.04. The third-order valence-electron chi connectivity index (χ3n) is 1.04. The standard InChI is InChI=1S/C6H11N3O2/c1-3-10-7-4-6-8-5(2)9-11-6/h7H,3-4H2,1-2H3. The van der Waals surface area contributed by atoms with Crippen LogP contribution in [0.4, 0.5) is 0 Å². The molecule has 0 fully saturated rings. The highest BCUT2D eigenvalue weighted by molar-refractivity contribution is 4.80. The van der Waals surface area contributed by atoms with Crippen molar-refractivity contribution in [2.45, 2.75) is 20.4 Å². The van der Waals surface area contributed by atoms with E-state index in [2.05, 4.69) is 15.6 Å². The van der Waals surface area contributed by atoms with Crippen LogP contribution in [0.3, 0.4) is 0 Å². The zero-order valence-electron chi connectivity index (χ0n) is 6.63. The van der Waals surface area contributed by atoms with E-state index in [1.54, 1.807) is 6.92 Å². The Kier molecular flexibility index (Phi) is 3.00. The van der Waals surface area contributed by atoms with Crippen molar-refractivity contribution in [2.75, 3.05) is 6.61 Å². The van der Waals surface area contributed by atoms with Crippen LogP contribution < -0.4 is 5.48 Å². The number of nitrogens with one attached hydrogen (secondary N) is 1. The molecule has 11 heavy (non-hydrogen) atoms. The molecule has 0 spiro atoms. The molecule has 1 aromatic heterocycles. The molecule has 0 aliphatic rings. The van der Waals surface area contributed by atoms with Gasteiger partial charge in [-0.3, -0.25) is 0 Å². The predicted octanol–water partition coefficient (Wildman–Crippen LogP) is 0.419. The Bertz CT molecular complexity index is 211. The first-order valence-corrected chi connectivity index (χ1v) is 3.46. The summed E-state index contributed by atoms with van der Waals surface area (Å²) in [5.74, 6) is 1.18. The Hall–Kier alpha value is -0.940. The molecule has 0 unspecified atom stereocenters. The molecule has 1 heterocycles. The Morgan fingerprint density at radius 2 is 2.45 bits per heavy atom. The predicted molar refractivity (Wildman–Crippen MR) is 37.5 cm³/mol. The second-order valence-electron chi connectivity index (χ2n) is 1.99. The number of hydroxylamine groups is 1. The molecule has 5 nitrogen and oxygen atoms in total. The summed E-state index contributed by atoms with van der Waals surface area (Å²) in [6, 6.07) is 0. The summed E-state index contributed by atoms with van der Waals surface area (Å²) in [7, 11) is 0. The van der Waals surface area contributed by atoms with Crippen LogP contribution in [0, 0.1) is 6.92 Å². The van der Waals surface area contributed by atoms with Gasteiger partial charge in [0, 0.05) is 0 Å². The van der Waals surface area contributed by atoms with E-state index in [0.717, 1.165) is 0 Å². The molecular weight excluding hydrogens is 146 g/mol. The van der Waals surface area contributed by atoms with E-state index in [0.29, 0.717) is 24.9 Å². The van der Waals surface area contributed by atoms with Gasteiger partial charge in [-0.15, -0.1) is 0 Å². The monoisotopic (exact) mass is 157 g/mol. The number of hydrogen-bond donors (Lipinski definition) is 1. The zero-order valence-corrected chi connectivity index (χ0v) is 6.63. The minimum Gasteiger partial charge on any atom is -0.338 e. The van der Waals surface area contributed by atoms with Crippen LogP contribution >= 0.6 is 0 Å². The minimum atomic E-state index is 0.453. The highest BCUT2D eigenvalue weighted by atomic mass is 16.6. The zero-order chi connectivity index (χ0) is 8.10. The molecule has 1 aromatic rings. The van der Waals surface area contributed by atoms with E-state index in [1.165, 1.54) is 0 Å². The van der Waals surface area contributed by atoms with Crippen molar-refractivity contribution in [1.29, 1.82) is 0 Å². The van der Waals surface area contributed by atoms with Crippen LogP contribution in [0.2, 0.25) is 0 Å². The highest BCUT2D eigenvalue weighted by Crippen LogP contribution is 1.93. The lowest BCUT2D eigenvalue weighted by Gasteiger charge is -1.97. The molecule has 0 saturated heterocycles. The molecule has 1 N–H and O–H groups in total. The van der Waals surface area contributed by atoms with Crippen molar-refractivity contribution in [3.05, 3.63) is 11.7 Å². The number of nitrogens with zero attached hydrogens (tertiary/aromatic N) is 2. The molecule has 62 valence electrons. The summed E-state index contributed by atoms with van der Waals surface area (Å²) in [5, 5.41) is 3.61. The Balaban J connectivity index is 2.27. The van der Waals surface area contributed by atoms with E-state index in [4.69, 9.17) is 9.36 Å². The van der Waals surface area contributed by atoms with E-state index >= 15 is 0 Å². The molecular formula is C6H11N3O2. The second kappa shape index (κ2) is 4.05. The maximum Gasteiger partial charge on any atom is 0.242 e.